The van der Waals surface area contributed by atoms with E-state index in [9.17, 15) is 4.79 Å². The number of carbonyl (C=O) groups excluding carboxylic acids is 1. The molecule has 0 fully saturated rings. The van der Waals surface area contributed by atoms with E-state index >= 15 is 0 Å². The normalized spacial score (nSPS) is 18.8. The Hall–Kier alpha value is -1.77. The van der Waals surface area contributed by atoms with Gasteiger partial charge in [-0.25, -0.2) is 0 Å². The summed E-state index contributed by atoms with van der Waals surface area (Å²) in [4.78, 5) is 11.6. The molecule has 1 heterocycles. The Morgan fingerprint density at radius 3 is 2.53 bits per heavy atom. The van der Waals surface area contributed by atoms with Gasteiger partial charge in [-0.2, -0.15) is 0 Å². The van der Waals surface area contributed by atoms with E-state index in [0.717, 1.165) is 12.8 Å². The number of hydrogen-bond donors (Lipinski definition) is 0. The molecule has 1 aromatic carbocycles. The number of fused-ring (bicyclic) bond motifs is 1. The number of Topliss-reactive ketones (excluding diaryl/α,β-unsaturated/α-hetero) is 1. The van der Waals surface area contributed by atoms with Crippen molar-refractivity contribution in [2.24, 2.45) is 0 Å². The second-order valence-corrected chi connectivity index (χ2v) is 3.68. The zero-order chi connectivity index (χ0) is 10.3. The van der Waals surface area contributed by atoms with Crippen molar-refractivity contribution in [2.45, 2.75) is 19.3 Å². The van der Waals surface area contributed by atoms with Crippen LogP contribution in [-0.2, 0) is 4.79 Å². The number of ether oxygens (including phenoxy) is 2. The molecule has 3 nitrogen and oxygen atoms in total. The molecule has 1 aliphatic carbocycles. The lowest BCUT2D eigenvalue weighted by Gasteiger charge is -2.25. The van der Waals surface area contributed by atoms with Crippen LogP contribution in [0.5, 0.6) is 11.5 Å². The predicted octanol–water partition coefficient (Wildman–Crippen LogP) is 2.42. The van der Waals surface area contributed by atoms with E-state index in [4.69, 9.17) is 9.47 Å². The third-order valence-electron chi connectivity index (χ3n) is 2.61. The van der Waals surface area contributed by atoms with E-state index in [1.54, 1.807) is 6.07 Å². The summed E-state index contributed by atoms with van der Waals surface area (Å²) in [7, 11) is 0. The van der Waals surface area contributed by atoms with Crippen LogP contribution in [0.1, 0.15) is 19.3 Å². The van der Waals surface area contributed by atoms with Crippen LogP contribution in [-0.4, -0.2) is 5.78 Å². The van der Waals surface area contributed by atoms with Crippen molar-refractivity contribution >= 4 is 5.78 Å². The van der Waals surface area contributed by atoms with Crippen molar-refractivity contribution in [2.75, 3.05) is 0 Å². The number of carbonyl (C=O) groups is 1. The van der Waals surface area contributed by atoms with E-state index in [-0.39, 0.29) is 5.78 Å². The Balaban J connectivity index is 2.04. The van der Waals surface area contributed by atoms with Gasteiger partial charge in [-0.05, 0) is 18.6 Å². The number of rotatable bonds is 0. The molecule has 0 saturated heterocycles. The summed E-state index contributed by atoms with van der Waals surface area (Å²) in [6.07, 6.45) is 2.20. The van der Waals surface area contributed by atoms with Gasteiger partial charge in [0.1, 0.15) is 0 Å². The smallest absolute Gasteiger partial charge is 0.208 e. The molecule has 3 rings (SSSR count). The molecular weight excluding hydrogens is 192 g/mol. The van der Waals surface area contributed by atoms with Gasteiger partial charge in [-0.1, -0.05) is 12.1 Å². The molecule has 0 radical (unpaired) electrons. The minimum Gasteiger partial charge on any atom is -0.454 e. The molecule has 76 valence electrons. The first-order valence-corrected chi connectivity index (χ1v) is 5.06. The number of allylic oxidation sites excluding steroid dienone is 2. The quantitative estimate of drug-likeness (QED) is 0.648. The van der Waals surface area contributed by atoms with Crippen molar-refractivity contribution in [3.63, 3.8) is 0 Å². The van der Waals surface area contributed by atoms with Gasteiger partial charge in [0.25, 0.3) is 0 Å². The summed E-state index contributed by atoms with van der Waals surface area (Å²) in [6.45, 7) is 0. The summed E-state index contributed by atoms with van der Waals surface area (Å²) < 4.78 is 11.2. The Labute approximate surface area is 87.3 Å². The minimum atomic E-state index is 0.0470. The Kier molecular flexibility index (Phi) is 1.78. The monoisotopic (exact) mass is 202 g/mol. The largest absolute Gasteiger partial charge is 0.454 e. The zero-order valence-electron chi connectivity index (χ0n) is 8.16. The van der Waals surface area contributed by atoms with Crippen LogP contribution in [0.3, 0.4) is 0 Å². The van der Waals surface area contributed by atoms with Crippen molar-refractivity contribution in [3.8, 4) is 11.5 Å². The van der Waals surface area contributed by atoms with Gasteiger partial charge >= 0.3 is 0 Å². The predicted molar refractivity (Wildman–Crippen MR) is 53.6 cm³/mol. The van der Waals surface area contributed by atoms with Gasteiger partial charge in [0.15, 0.2) is 17.3 Å². The molecule has 0 bridgehead atoms. The van der Waals surface area contributed by atoms with Gasteiger partial charge in [0.2, 0.25) is 11.5 Å². The summed E-state index contributed by atoms with van der Waals surface area (Å²) in [5, 5.41) is 0. The van der Waals surface area contributed by atoms with Crippen molar-refractivity contribution < 1.29 is 14.3 Å². The maximum Gasteiger partial charge on any atom is 0.208 e. The number of para-hydroxylation sites is 2. The summed E-state index contributed by atoms with van der Waals surface area (Å²) in [6, 6.07) is 7.40. The first-order valence-electron chi connectivity index (χ1n) is 5.06. The molecule has 0 amide bonds. The molecule has 0 N–H and O–H groups in total. The number of hydrogen-bond acceptors (Lipinski definition) is 3. The van der Waals surface area contributed by atoms with E-state index in [1.807, 2.05) is 18.2 Å². The van der Waals surface area contributed by atoms with Crippen LogP contribution < -0.4 is 9.47 Å². The summed E-state index contributed by atoms with van der Waals surface area (Å²) in [5.74, 6) is 2.47. The average molecular weight is 202 g/mol. The highest BCUT2D eigenvalue weighted by Crippen LogP contribution is 2.38. The third kappa shape index (κ3) is 1.31. The molecule has 0 atom stereocenters. The van der Waals surface area contributed by atoms with Crippen LogP contribution in [0.2, 0.25) is 0 Å². The van der Waals surface area contributed by atoms with Crippen LogP contribution in [0.25, 0.3) is 0 Å². The Morgan fingerprint density at radius 2 is 1.73 bits per heavy atom. The van der Waals surface area contributed by atoms with Gasteiger partial charge in [0, 0.05) is 12.8 Å². The molecule has 2 aliphatic rings. The topological polar surface area (TPSA) is 35.5 Å². The van der Waals surface area contributed by atoms with Crippen molar-refractivity contribution in [1.82, 2.24) is 0 Å². The molecule has 0 unspecified atom stereocenters. The average Bonchev–Trinajstić information content (AvgIpc) is 2.27. The lowest BCUT2D eigenvalue weighted by molar-refractivity contribution is -0.118. The molecule has 3 heteroatoms. The van der Waals surface area contributed by atoms with E-state index < -0.39 is 0 Å². The van der Waals surface area contributed by atoms with Crippen molar-refractivity contribution in [1.29, 1.82) is 0 Å². The first kappa shape index (κ1) is 8.53. The molecule has 15 heavy (non-hydrogen) atoms. The van der Waals surface area contributed by atoms with E-state index in [1.165, 1.54) is 0 Å². The number of ketones is 1. The highest BCUT2D eigenvalue weighted by molar-refractivity contribution is 5.95. The fourth-order valence-corrected chi connectivity index (χ4v) is 1.86. The Morgan fingerprint density at radius 1 is 1.00 bits per heavy atom. The lowest BCUT2D eigenvalue weighted by Crippen LogP contribution is -2.22. The Bertz CT molecular complexity index is 460. The van der Waals surface area contributed by atoms with Crippen LogP contribution in [0.4, 0.5) is 0 Å². The third-order valence-corrected chi connectivity index (χ3v) is 2.61. The zero-order valence-corrected chi connectivity index (χ0v) is 8.16. The second-order valence-electron chi connectivity index (χ2n) is 3.68. The highest BCUT2D eigenvalue weighted by Gasteiger charge is 2.29. The van der Waals surface area contributed by atoms with Crippen molar-refractivity contribution in [3.05, 3.63) is 35.8 Å². The second kappa shape index (κ2) is 3.12. The SMILES string of the molecule is O=C1CCCC2=C1Oc1ccccc1O2. The van der Waals surface area contributed by atoms with Gasteiger partial charge in [0.05, 0.1) is 0 Å². The van der Waals surface area contributed by atoms with Gasteiger partial charge < -0.3 is 9.47 Å². The molecule has 0 aromatic heterocycles. The highest BCUT2D eigenvalue weighted by atomic mass is 16.6. The maximum atomic E-state index is 11.6. The minimum absolute atomic E-state index is 0.0470. The molecule has 1 aliphatic heterocycles. The van der Waals surface area contributed by atoms with Crippen LogP contribution >= 0.6 is 0 Å². The standard InChI is InChI=1S/C12H10O3/c13-8-4-3-7-11-12(8)15-10-6-2-1-5-9(10)14-11/h1-2,5-6H,3-4,7H2. The molecule has 0 saturated carbocycles. The van der Waals surface area contributed by atoms with Crippen LogP contribution in [0, 0.1) is 0 Å². The van der Waals surface area contributed by atoms with E-state index in [0.29, 0.717) is 29.4 Å². The first-order chi connectivity index (χ1) is 7.34. The summed E-state index contributed by atoms with van der Waals surface area (Å²) in [5.41, 5.74) is 0. The molecular formula is C12H10O3. The number of benzene rings is 1. The lowest BCUT2D eigenvalue weighted by atomic mass is 10.0. The van der Waals surface area contributed by atoms with Crippen LogP contribution in [0.15, 0.2) is 35.8 Å². The molecule has 1 aromatic rings. The summed E-state index contributed by atoms with van der Waals surface area (Å²) >= 11 is 0. The maximum absolute atomic E-state index is 11.6. The van der Waals surface area contributed by atoms with Gasteiger partial charge in [-0.15, -0.1) is 0 Å². The fourth-order valence-electron chi connectivity index (χ4n) is 1.86. The van der Waals surface area contributed by atoms with E-state index in [2.05, 4.69) is 0 Å². The molecule has 0 spiro atoms. The van der Waals surface area contributed by atoms with Gasteiger partial charge in [-0.3, -0.25) is 4.79 Å². The fraction of sp³-hybridized carbons (Fsp3) is 0.250.